The summed E-state index contributed by atoms with van der Waals surface area (Å²) in [5, 5.41) is 13.2. The van der Waals surface area contributed by atoms with Crippen LogP contribution in [-0.2, 0) is 38.5 Å². The maximum Gasteiger partial charge on any atom is 0.309 e. The lowest BCUT2D eigenvalue weighted by molar-refractivity contribution is -0.151. The van der Waals surface area contributed by atoms with Crippen molar-refractivity contribution in [2.24, 2.45) is 17.3 Å². The van der Waals surface area contributed by atoms with Gasteiger partial charge in [0.15, 0.2) is 0 Å². The Morgan fingerprint density at radius 2 is 1.71 bits per heavy atom. The Morgan fingerprint density at radius 3 is 2.41 bits per heavy atom. The summed E-state index contributed by atoms with van der Waals surface area (Å²) in [7, 11) is 0. The molecule has 0 bridgehead atoms. The number of benzene rings is 2. The first-order valence-electron chi connectivity index (χ1n) is 14.8. The van der Waals surface area contributed by atoms with Crippen molar-refractivity contribution in [2.75, 3.05) is 13.2 Å². The molecule has 2 aromatic carbocycles. The summed E-state index contributed by atoms with van der Waals surface area (Å²) in [5.74, 6) is -1.47. The molecule has 2 N–H and O–H groups in total. The normalized spacial score (nSPS) is 24.2. The molecular weight excluding hydrogens is 516 g/mol. The molecular formula is C34H44N2O5. The second-order valence-corrected chi connectivity index (χ2v) is 12.5. The van der Waals surface area contributed by atoms with E-state index in [4.69, 9.17) is 4.74 Å². The van der Waals surface area contributed by atoms with Crippen molar-refractivity contribution >= 4 is 17.8 Å². The highest BCUT2D eigenvalue weighted by atomic mass is 16.5. The predicted octanol–water partition coefficient (Wildman–Crippen LogP) is 4.61. The fourth-order valence-electron chi connectivity index (χ4n) is 5.61. The average Bonchev–Trinajstić information content (AvgIpc) is 2.97. The van der Waals surface area contributed by atoms with Crippen molar-refractivity contribution < 1.29 is 24.2 Å². The number of nitrogens with one attached hydrogen (secondary N) is 1. The van der Waals surface area contributed by atoms with Gasteiger partial charge < -0.3 is 20.1 Å². The molecule has 220 valence electrons. The Kier molecular flexibility index (Phi) is 10.4. The van der Waals surface area contributed by atoms with Crippen LogP contribution < -0.4 is 5.32 Å². The van der Waals surface area contributed by atoms with Crippen LogP contribution in [0.3, 0.4) is 0 Å². The number of cyclic esters (lactones) is 1. The minimum Gasteiger partial charge on any atom is -0.463 e. The maximum atomic E-state index is 13.6. The van der Waals surface area contributed by atoms with E-state index in [1.54, 1.807) is 4.90 Å². The second-order valence-electron chi connectivity index (χ2n) is 12.5. The molecule has 2 amide bonds. The minimum atomic E-state index is -0.573. The molecule has 4 rings (SSSR count). The topological polar surface area (TPSA) is 95.9 Å². The SMILES string of the molecule is CC(C)(C)[C@H]1COC(=O)[C@@H](Cc2ccccc2)CCC=CC[C@H](CC(=O)N2Cc3ccccc3C[C@H]2CO)C(=O)N1. The molecule has 0 aliphatic carbocycles. The van der Waals surface area contributed by atoms with Crippen LogP contribution in [-0.4, -0.2) is 53.1 Å². The molecule has 0 spiro atoms. The van der Waals surface area contributed by atoms with Crippen molar-refractivity contribution in [1.82, 2.24) is 10.2 Å². The highest BCUT2D eigenvalue weighted by Gasteiger charge is 2.35. The van der Waals surface area contributed by atoms with Gasteiger partial charge >= 0.3 is 5.97 Å². The summed E-state index contributed by atoms with van der Waals surface area (Å²) < 4.78 is 5.82. The average molecular weight is 561 g/mol. The van der Waals surface area contributed by atoms with Gasteiger partial charge in [-0.05, 0) is 54.2 Å². The van der Waals surface area contributed by atoms with E-state index in [0.29, 0.717) is 38.6 Å². The van der Waals surface area contributed by atoms with E-state index in [1.165, 1.54) is 0 Å². The van der Waals surface area contributed by atoms with Gasteiger partial charge in [0.2, 0.25) is 11.8 Å². The van der Waals surface area contributed by atoms with Crippen LogP contribution in [0.5, 0.6) is 0 Å². The Hall–Kier alpha value is -3.45. The molecule has 0 unspecified atom stereocenters. The summed E-state index contributed by atoms with van der Waals surface area (Å²) in [6, 6.07) is 17.2. The third-order valence-electron chi connectivity index (χ3n) is 8.36. The Morgan fingerprint density at radius 1 is 1.00 bits per heavy atom. The first-order valence-corrected chi connectivity index (χ1v) is 14.8. The van der Waals surface area contributed by atoms with Gasteiger partial charge in [-0.25, -0.2) is 0 Å². The summed E-state index contributed by atoms with van der Waals surface area (Å²) in [6.45, 7) is 6.38. The molecule has 0 radical (unpaired) electrons. The number of allylic oxidation sites excluding steroid dienone is 2. The highest BCUT2D eigenvalue weighted by molar-refractivity contribution is 5.86. The molecule has 4 atom stereocenters. The van der Waals surface area contributed by atoms with E-state index in [-0.39, 0.29) is 54.8 Å². The number of ether oxygens (including phenoxy) is 1. The van der Waals surface area contributed by atoms with Gasteiger partial charge in [0, 0.05) is 13.0 Å². The zero-order chi connectivity index (χ0) is 29.4. The number of carbonyl (C=O) groups excluding carboxylic acids is 3. The van der Waals surface area contributed by atoms with Crippen molar-refractivity contribution in [3.8, 4) is 0 Å². The van der Waals surface area contributed by atoms with E-state index < -0.39 is 12.0 Å². The van der Waals surface area contributed by atoms with Gasteiger partial charge in [0.05, 0.1) is 30.5 Å². The van der Waals surface area contributed by atoms with Crippen molar-refractivity contribution in [2.45, 2.75) is 77.9 Å². The zero-order valence-corrected chi connectivity index (χ0v) is 24.6. The Labute approximate surface area is 244 Å². The molecule has 2 aliphatic rings. The highest BCUT2D eigenvalue weighted by Crippen LogP contribution is 2.27. The zero-order valence-electron chi connectivity index (χ0n) is 24.6. The summed E-state index contributed by atoms with van der Waals surface area (Å²) in [4.78, 5) is 42.1. The molecule has 7 heteroatoms. The number of rotatable bonds is 5. The number of nitrogens with zero attached hydrogens (tertiary/aromatic N) is 1. The van der Waals surface area contributed by atoms with Crippen LogP contribution in [0.25, 0.3) is 0 Å². The molecule has 0 fully saturated rings. The molecule has 7 nitrogen and oxygen atoms in total. The van der Waals surface area contributed by atoms with Gasteiger partial charge in [-0.3, -0.25) is 14.4 Å². The number of fused-ring (bicyclic) bond motifs is 1. The Balaban J connectivity index is 1.51. The molecule has 41 heavy (non-hydrogen) atoms. The number of aliphatic hydroxyl groups is 1. The van der Waals surface area contributed by atoms with E-state index in [2.05, 4.69) is 5.32 Å². The third-order valence-corrected chi connectivity index (χ3v) is 8.36. The largest absolute Gasteiger partial charge is 0.463 e. The molecule has 0 saturated heterocycles. The van der Waals surface area contributed by atoms with E-state index in [0.717, 1.165) is 16.7 Å². The van der Waals surface area contributed by atoms with Crippen LogP contribution >= 0.6 is 0 Å². The molecule has 2 aliphatic heterocycles. The molecule has 0 aromatic heterocycles. The lowest BCUT2D eigenvalue weighted by Crippen LogP contribution is -2.51. The minimum absolute atomic E-state index is 0.0438. The van der Waals surface area contributed by atoms with Crippen LogP contribution in [0.2, 0.25) is 0 Å². The van der Waals surface area contributed by atoms with E-state index in [9.17, 15) is 19.5 Å². The lowest BCUT2D eigenvalue weighted by atomic mass is 9.86. The standard InChI is InChI=1S/C34H44N2O5/c1-34(2,3)30-23-41-33(40)27(18-24-12-6-4-7-13-24)16-9-5-8-15-26(32(39)35-30)20-31(38)36-21-28-17-11-10-14-25(28)19-29(36)22-37/h4-8,10-14,17,26-27,29-30,37H,9,15-16,18-23H2,1-3H3,(H,35,39)/t26-,27-,29+,30-/m1/s1. The number of amides is 2. The lowest BCUT2D eigenvalue weighted by Gasteiger charge is -2.37. The number of hydrogen-bond acceptors (Lipinski definition) is 5. The fraction of sp³-hybridized carbons (Fsp3) is 0.500. The first-order chi connectivity index (χ1) is 19.7. The maximum absolute atomic E-state index is 13.6. The summed E-state index contributed by atoms with van der Waals surface area (Å²) >= 11 is 0. The van der Waals surface area contributed by atoms with Gasteiger partial charge in [0.25, 0.3) is 0 Å². The predicted molar refractivity (Wildman–Crippen MR) is 159 cm³/mol. The number of hydrogen-bond donors (Lipinski definition) is 2. The number of esters is 1. The van der Waals surface area contributed by atoms with Gasteiger partial charge in [0.1, 0.15) is 6.61 Å². The fourth-order valence-corrected chi connectivity index (χ4v) is 5.61. The smallest absolute Gasteiger partial charge is 0.309 e. The quantitative estimate of drug-likeness (QED) is 0.411. The first kappa shape index (κ1) is 30.5. The molecule has 2 heterocycles. The summed E-state index contributed by atoms with van der Waals surface area (Å²) in [6.07, 6.45) is 6.93. The van der Waals surface area contributed by atoms with E-state index >= 15 is 0 Å². The van der Waals surface area contributed by atoms with Gasteiger partial charge in [-0.15, -0.1) is 0 Å². The Bertz CT molecular complexity index is 1220. The van der Waals surface area contributed by atoms with Gasteiger partial charge in [-0.2, -0.15) is 0 Å². The van der Waals surface area contributed by atoms with Crippen LogP contribution in [0.1, 0.15) is 63.1 Å². The second kappa shape index (κ2) is 13.9. The monoisotopic (exact) mass is 560 g/mol. The molecule has 0 saturated carbocycles. The summed E-state index contributed by atoms with van der Waals surface area (Å²) in [5.41, 5.74) is 2.94. The van der Waals surface area contributed by atoms with Crippen LogP contribution in [0.4, 0.5) is 0 Å². The van der Waals surface area contributed by atoms with Crippen LogP contribution in [0.15, 0.2) is 66.7 Å². The van der Waals surface area contributed by atoms with Crippen molar-refractivity contribution in [3.05, 3.63) is 83.4 Å². The third kappa shape index (κ3) is 8.29. The van der Waals surface area contributed by atoms with Gasteiger partial charge in [-0.1, -0.05) is 87.5 Å². The van der Waals surface area contributed by atoms with Crippen molar-refractivity contribution in [3.63, 3.8) is 0 Å². The number of carbonyl (C=O) groups is 3. The number of aliphatic hydroxyl groups excluding tert-OH is 1. The van der Waals surface area contributed by atoms with Crippen LogP contribution in [0, 0.1) is 17.3 Å². The van der Waals surface area contributed by atoms with Crippen molar-refractivity contribution in [1.29, 1.82) is 0 Å². The molecule has 2 aromatic rings. The van der Waals surface area contributed by atoms with E-state index in [1.807, 2.05) is 87.5 Å².